The Balaban J connectivity index is 1.55. The van der Waals surface area contributed by atoms with Crippen molar-refractivity contribution in [3.63, 3.8) is 0 Å². The highest BCUT2D eigenvalue weighted by Gasteiger charge is 2.15. The molecular weight excluding hydrogens is 358 g/mol. The summed E-state index contributed by atoms with van der Waals surface area (Å²) in [6.07, 6.45) is 13.0. The molecule has 0 aliphatic heterocycles. The molecule has 1 N–H and O–H groups in total. The Morgan fingerprint density at radius 3 is 2.45 bits per heavy atom. The Bertz CT molecular complexity index is 842. The highest BCUT2D eigenvalue weighted by atomic mass is 16.1. The molecule has 0 aliphatic rings. The third-order valence-electron chi connectivity index (χ3n) is 5.31. The van der Waals surface area contributed by atoms with Gasteiger partial charge in [-0.05, 0) is 36.1 Å². The van der Waals surface area contributed by atoms with Gasteiger partial charge in [-0.3, -0.25) is 4.79 Å². The lowest BCUT2D eigenvalue weighted by Crippen LogP contribution is -2.31. The molecule has 0 aliphatic carbocycles. The summed E-state index contributed by atoms with van der Waals surface area (Å²) in [5.74, 6) is -0.0412. The molecule has 0 fully saturated rings. The fraction of sp³-hybridized carbons (Fsp3) is 0.360. The summed E-state index contributed by atoms with van der Waals surface area (Å²) < 4.78 is 2.03. The molecule has 29 heavy (non-hydrogen) atoms. The molecule has 0 spiro atoms. The Morgan fingerprint density at radius 1 is 1.00 bits per heavy atom. The Kier molecular flexibility index (Phi) is 8.05. The van der Waals surface area contributed by atoms with Crippen molar-refractivity contribution in [1.29, 1.82) is 0 Å². The van der Waals surface area contributed by atoms with Crippen LogP contribution in [0.15, 0.2) is 73.3 Å². The zero-order valence-electron chi connectivity index (χ0n) is 17.3. The molecule has 2 aromatic carbocycles. The normalized spacial score (nSPS) is 11.9. The molecule has 1 amide bonds. The molecular formula is C25H31N3O. The van der Waals surface area contributed by atoms with Crippen LogP contribution < -0.4 is 5.32 Å². The van der Waals surface area contributed by atoms with Gasteiger partial charge in [-0.2, -0.15) is 0 Å². The summed E-state index contributed by atoms with van der Waals surface area (Å²) >= 11 is 0. The molecule has 3 rings (SSSR count). The van der Waals surface area contributed by atoms with Crippen LogP contribution in [0.3, 0.4) is 0 Å². The van der Waals surface area contributed by atoms with E-state index in [9.17, 15) is 4.79 Å². The lowest BCUT2D eigenvalue weighted by molar-refractivity contribution is 0.0950. The third kappa shape index (κ3) is 6.31. The molecule has 152 valence electrons. The Labute approximate surface area is 174 Å². The number of rotatable bonds is 11. The molecule has 1 unspecified atom stereocenters. The third-order valence-corrected chi connectivity index (χ3v) is 5.31. The van der Waals surface area contributed by atoms with Crippen LogP contribution in [0.2, 0.25) is 0 Å². The topological polar surface area (TPSA) is 46.9 Å². The quantitative estimate of drug-likeness (QED) is 0.445. The molecule has 1 atom stereocenters. The van der Waals surface area contributed by atoms with Crippen molar-refractivity contribution >= 4 is 5.91 Å². The van der Waals surface area contributed by atoms with Crippen molar-refractivity contribution in [2.45, 2.75) is 51.5 Å². The number of amides is 1. The van der Waals surface area contributed by atoms with E-state index in [0.29, 0.717) is 12.1 Å². The molecule has 1 aromatic heterocycles. The van der Waals surface area contributed by atoms with E-state index in [1.807, 2.05) is 41.1 Å². The van der Waals surface area contributed by atoms with Crippen LogP contribution in [0.25, 0.3) is 0 Å². The number of hydrogen-bond acceptors (Lipinski definition) is 2. The number of nitrogens with one attached hydrogen (secondary N) is 1. The number of nitrogens with zero attached hydrogens (tertiary/aromatic N) is 2. The summed E-state index contributed by atoms with van der Waals surface area (Å²) in [7, 11) is 0. The number of unbranched alkanes of at least 4 members (excludes halogenated alkanes) is 4. The number of benzene rings is 2. The van der Waals surface area contributed by atoms with Crippen molar-refractivity contribution in [2.75, 3.05) is 6.54 Å². The summed E-state index contributed by atoms with van der Waals surface area (Å²) in [6, 6.07) is 18.2. The molecule has 0 saturated heterocycles. The van der Waals surface area contributed by atoms with Gasteiger partial charge in [0.05, 0.1) is 12.4 Å². The van der Waals surface area contributed by atoms with Gasteiger partial charge in [0.2, 0.25) is 0 Å². The van der Waals surface area contributed by atoms with Crippen molar-refractivity contribution < 1.29 is 4.79 Å². The van der Waals surface area contributed by atoms with Gasteiger partial charge in [-0.25, -0.2) is 4.98 Å². The molecule has 0 saturated carbocycles. The van der Waals surface area contributed by atoms with Crippen LogP contribution in [0, 0.1) is 0 Å². The zero-order valence-corrected chi connectivity index (χ0v) is 17.3. The van der Waals surface area contributed by atoms with Gasteiger partial charge in [0, 0.05) is 24.5 Å². The summed E-state index contributed by atoms with van der Waals surface area (Å²) in [4.78, 5) is 16.8. The number of aryl methyl sites for hydroxylation is 1. The number of carbonyl (C=O) groups is 1. The maximum Gasteiger partial charge on any atom is 0.251 e. The van der Waals surface area contributed by atoms with Crippen LogP contribution >= 0.6 is 0 Å². The van der Waals surface area contributed by atoms with Crippen LogP contribution in [0.4, 0.5) is 0 Å². The summed E-state index contributed by atoms with van der Waals surface area (Å²) in [5.41, 5.74) is 3.15. The van der Waals surface area contributed by atoms with E-state index in [-0.39, 0.29) is 11.9 Å². The number of aromatic nitrogens is 2. The van der Waals surface area contributed by atoms with Gasteiger partial charge < -0.3 is 9.88 Å². The lowest BCUT2D eigenvalue weighted by atomic mass is 10.0. The summed E-state index contributed by atoms with van der Waals surface area (Å²) in [6.45, 7) is 2.75. The van der Waals surface area contributed by atoms with Crippen LogP contribution in [0.5, 0.6) is 0 Å². The second-order valence-corrected chi connectivity index (χ2v) is 7.51. The first kappa shape index (κ1) is 20.8. The van der Waals surface area contributed by atoms with Crippen molar-refractivity contribution in [2.24, 2.45) is 0 Å². The van der Waals surface area contributed by atoms with Crippen molar-refractivity contribution in [3.05, 3.63) is 90.0 Å². The lowest BCUT2D eigenvalue weighted by Gasteiger charge is -2.19. The molecule has 4 nitrogen and oxygen atoms in total. The molecule has 4 heteroatoms. The SMILES string of the molecule is CCCCCCCc1ccc(C(=O)NCC(c2ccccc2)n2ccnc2)cc1. The zero-order chi connectivity index (χ0) is 20.3. The van der Waals surface area contributed by atoms with Gasteiger partial charge in [0.25, 0.3) is 5.91 Å². The Hall–Kier alpha value is -2.88. The standard InChI is InChI=1S/C25H31N3O/c1-2-3-4-5-7-10-21-13-15-23(16-14-21)25(29)27-19-24(28-18-17-26-20-28)22-11-8-6-9-12-22/h6,8-9,11-18,20,24H,2-5,7,10,19H2,1H3,(H,27,29). The minimum Gasteiger partial charge on any atom is -0.350 e. The van der Waals surface area contributed by atoms with E-state index in [1.165, 1.54) is 37.7 Å². The van der Waals surface area contributed by atoms with Crippen molar-refractivity contribution in [3.8, 4) is 0 Å². The fourth-order valence-electron chi connectivity index (χ4n) is 3.57. The largest absolute Gasteiger partial charge is 0.350 e. The highest BCUT2D eigenvalue weighted by molar-refractivity contribution is 5.94. The van der Waals surface area contributed by atoms with E-state index in [1.54, 1.807) is 12.5 Å². The van der Waals surface area contributed by atoms with E-state index in [4.69, 9.17) is 0 Å². The maximum absolute atomic E-state index is 12.7. The molecule has 1 heterocycles. The first-order valence-electron chi connectivity index (χ1n) is 10.7. The minimum atomic E-state index is -0.0412. The average molecular weight is 390 g/mol. The number of hydrogen-bond donors (Lipinski definition) is 1. The van der Waals surface area contributed by atoms with Gasteiger partial charge in [0.15, 0.2) is 0 Å². The fourth-order valence-corrected chi connectivity index (χ4v) is 3.57. The van der Waals surface area contributed by atoms with E-state index in [0.717, 1.165) is 12.0 Å². The highest BCUT2D eigenvalue weighted by Crippen LogP contribution is 2.17. The van der Waals surface area contributed by atoms with Crippen LogP contribution in [-0.2, 0) is 6.42 Å². The van der Waals surface area contributed by atoms with Gasteiger partial charge in [0.1, 0.15) is 0 Å². The average Bonchev–Trinajstić information content (AvgIpc) is 3.29. The minimum absolute atomic E-state index is 0.0186. The molecule has 0 radical (unpaired) electrons. The first-order valence-corrected chi connectivity index (χ1v) is 10.7. The summed E-state index contributed by atoms with van der Waals surface area (Å²) in [5, 5.41) is 3.08. The van der Waals surface area contributed by atoms with Crippen molar-refractivity contribution in [1.82, 2.24) is 14.9 Å². The van der Waals surface area contributed by atoms with Gasteiger partial charge in [-0.1, -0.05) is 75.1 Å². The first-order chi connectivity index (χ1) is 14.3. The maximum atomic E-state index is 12.7. The second kappa shape index (κ2) is 11.2. The van der Waals surface area contributed by atoms with Gasteiger partial charge in [-0.15, -0.1) is 0 Å². The molecule has 3 aromatic rings. The van der Waals surface area contributed by atoms with E-state index >= 15 is 0 Å². The number of imidazole rings is 1. The van der Waals surface area contributed by atoms with E-state index in [2.05, 4.69) is 41.5 Å². The van der Waals surface area contributed by atoms with E-state index < -0.39 is 0 Å². The molecule has 0 bridgehead atoms. The predicted molar refractivity (Wildman–Crippen MR) is 118 cm³/mol. The number of carbonyl (C=O) groups excluding carboxylic acids is 1. The van der Waals surface area contributed by atoms with Crippen LogP contribution in [0.1, 0.15) is 66.6 Å². The smallest absolute Gasteiger partial charge is 0.251 e. The second-order valence-electron chi connectivity index (χ2n) is 7.51. The monoisotopic (exact) mass is 389 g/mol. The Morgan fingerprint density at radius 2 is 1.76 bits per heavy atom. The van der Waals surface area contributed by atoms with Gasteiger partial charge >= 0.3 is 0 Å². The van der Waals surface area contributed by atoms with Crippen LogP contribution in [-0.4, -0.2) is 22.0 Å². The predicted octanol–water partition coefficient (Wildman–Crippen LogP) is 5.42.